The Bertz CT molecular complexity index is 1170. The summed E-state index contributed by atoms with van der Waals surface area (Å²) >= 11 is 6.23. The summed E-state index contributed by atoms with van der Waals surface area (Å²) in [6.07, 6.45) is -5.35. The van der Waals surface area contributed by atoms with E-state index in [2.05, 4.69) is 5.32 Å². The van der Waals surface area contributed by atoms with Crippen LogP contribution in [0.3, 0.4) is 0 Å². The van der Waals surface area contributed by atoms with E-state index in [1.807, 2.05) is 0 Å². The molecular formula is C19H17ClF3N3O4S. The molecule has 1 heterocycles. The molecule has 2 amide bonds. The van der Waals surface area contributed by atoms with Crippen LogP contribution < -0.4 is 10.5 Å². The Morgan fingerprint density at radius 3 is 2.39 bits per heavy atom. The zero-order chi connectivity index (χ0) is 23.1. The van der Waals surface area contributed by atoms with Crippen molar-refractivity contribution < 1.29 is 31.2 Å². The second-order valence-electron chi connectivity index (χ2n) is 6.94. The smallest absolute Gasteiger partial charge is 0.326 e. The third-order valence-electron chi connectivity index (χ3n) is 4.78. The lowest BCUT2D eigenvalue weighted by Gasteiger charge is -2.39. The molecule has 1 aliphatic rings. The number of primary sulfonamides is 1. The number of rotatable bonds is 3. The Hall–Kier alpha value is -2.63. The molecule has 31 heavy (non-hydrogen) atoms. The minimum atomic E-state index is -5.16. The molecular weight excluding hydrogens is 459 g/mol. The lowest BCUT2D eigenvalue weighted by Crippen LogP contribution is -2.47. The quantitative estimate of drug-likeness (QED) is 0.711. The van der Waals surface area contributed by atoms with E-state index in [0.29, 0.717) is 4.90 Å². The number of halogens is 4. The van der Waals surface area contributed by atoms with Crippen LogP contribution in [0.15, 0.2) is 41.3 Å². The molecule has 3 rings (SSSR count). The fraction of sp³-hybridized carbons (Fsp3) is 0.263. The Morgan fingerprint density at radius 2 is 1.84 bits per heavy atom. The molecule has 0 fully saturated rings. The standard InChI is InChI=1S/C19H17ClF3N3O4S/c1-10(27)25-11-8-14-12(16(9-11)31(24,29)30)6-7-26(18(28)19(21,22)23)17(14)13-4-2-3-5-15(13)20/h2-5,8-9,17H,6-7H2,1H3,(H,25,27)(H2,24,29,30). The number of hydrogen-bond donors (Lipinski definition) is 2. The van der Waals surface area contributed by atoms with Crippen LogP contribution in [0.2, 0.25) is 5.02 Å². The molecule has 3 N–H and O–H groups in total. The van der Waals surface area contributed by atoms with Gasteiger partial charge in [-0.15, -0.1) is 0 Å². The molecule has 0 saturated carbocycles. The molecule has 1 aliphatic heterocycles. The molecule has 0 spiro atoms. The fourth-order valence-corrected chi connectivity index (χ4v) is 4.74. The number of hydrogen-bond acceptors (Lipinski definition) is 4. The molecule has 0 aliphatic carbocycles. The number of anilines is 1. The van der Waals surface area contributed by atoms with E-state index < -0.39 is 40.6 Å². The van der Waals surface area contributed by atoms with Crippen molar-refractivity contribution in [2.75, 3.05) is 11.9 Å². The number of sulfonamides is 1. The number of nitrogens with two attached hydrogens (primary N) is 1. The first-order valence-corrected chi connectivity index (χ1v) is 10.8. The van der Waals surface area contributed by atoms with Crippen LogP contribution in [0.1, 0.15) is 29.7 Å². The molecule has 0 aromatic heterocycles. The number of fused-ring (bicyclic) bond motifs is 1. The summed E-state index contributed by atoms with van der Waals surface area (Å²) in [5.41, 5.74) is 0.414. The minimum Gasteiger partial charge on any atom is -0.326 e. The van der Waals surface area contributed by atoms with E-state index in [1.165, 1.54) is 31.2 Å². The summed E-state index contributed by atoms with van der Waals surface area (Å²) < 4.78 is 64.4. The zero-order valence-electron chi connectivity index (χ0n) is 16.0. The van der Waals surface area contributed by atoms with Crippen molar-refractivity contribution in [2.45, 2.75) is 30.5 Å². The summed E-state index contributed by atoms with van der Waals surface area (Å²) in [7, 11) is -4.29. The van der Waals surface area contributed by atoms with Gasteiger partial charge < -0.3 is 10.2 Å². The van der Waals surface area contributed by atoms with Gasteiger partial charge in [-0.05, 0) is 41.3 Å². The summed E-state index contributed by atoms with van der Waals surface area (Å²) in [6, 6.07) is 7.11. The Kier molecular flexibility index (Phi) is 6.05. The van der Waals surface area contributed by atoms with Gasteiger partial charge in [-0.2, -0.15) is 13.2 Å². The average molecular weight is 476 g/mol. The number of amides is 2. The number of nitrogens with one attached hydrogen (secondary N) is 1. The van der Waals surface area contributed by atoms with Crippen molar-refractivity contribution in [3.8, 4) is 0 Å². The zero-order valence-corrected chi connectivity index (χ0v) is 17.6. The van der Waals surface area contributed by atoms with Crippen LogP contribution in [-0.2, 0) is 26.0 Å². The third-order valence-corrected chi connectivity index (χ3v) is 6.10. The van der Waals surface area contributed by atoms with E-state index in [9.17, 15) is 31.2 Å². The van der Waals surface area contributed by atoms with Gasteiger partial charge in [-0.3, -0.25) is 9.59 Å². The molecule has 0 saturated heterocycles. The molecule has 2 aromatic rings. The molecule has 2 aromatic carbocycles. The first kappa shape index (κ1) is 23.0. The Balaban J connectivity index is 2.34. The van der Waals surface area contributed by atoms with E-state index >= 15 is 0 Å². The van der Waals surface area contributed by atoms with Crippen molar-refractivity contribution in [3.63, 3.8) is 0 Å². The summed E-state index contributed by atoms with van der Waals surface area (Å²) in [4.78, 5) is 24.0. The maximum absolute atomic E-state index is 13.3. The van der Waals surface area contributed by atoms with Crippen molar-refractivity contribution in [2.24, 2.45) is 5.14 Å². The van der Waals surface area contributed by atoms with Crippen molar-refractivity contribution >= 4 is 39.1 Å². The highest BCUT2D eigenvalue weighted by Gasteiger charge is 2.47. The summed E-state index contributed by atoms with van der Waals surface area (Å²) in [5, 5.41) is 7.83. The van der Waals surface area contributed by atoms with E-state index in [0.717, 1.165) is 6.07 Å². The first-order chi connectivity index (χ1) is 14.3. The highest BCUT2D eigenvalue weighted by Crippen LogP contribution is 2.43. The normalized spacial score (nSPS) is 16.6. The fourth-order valence-electron chi connectivity index (χ4n) is 3.65. The molecule has 0 radical (unpaired) electrons. The molecule has 0 bridgehead atoms. The van der Waals surface area contributed by atoms with Gasteiger partial charge in [0.25, 0.3) is 0 Å². The lowest BCUT2D eigenvalue weighted by molar-refractivity contribution is -0.187. The van der Waals surface area contributed by atoms with Gasteiger partial charge >= 0.3 is 12.1 Å². The minimum absolute atomic E-state index is 0.00800. The van der Waals surface area contributed by atoms with Gasteiger partial charge in [0.2, 0.25) is 15.9 Å². The van der Waals surface area contributed by atoms with Gasteiger partial charge in [0, 0.05) is 24.2 Å². The number of carbonyl (C=O) groups excluding carboxylic acids is 2. The maximum Gasteiger partial charge on any atom is 0.471 e. The molecule has 1 unspecified atom stereocenters. The highest BCUT2D eigenvalue weighted by molar-refractivity contribution is 7.89. The van der Waals surface area contributed by atoms with Crippen LogP contribution >= 0.6 is 11.6 Å². The molecule has 1 atom stereocenters. The van der Waals surface area contributed by atoms with Gasteiger partial charge in [0.1, 0.15) is 0 Å². The number of nitrogens with zero attached hydrogens (tertiary/aromatic N) is 1. The van der Waals surface area contributed by atoms with Crippen molar-refractivity contribution in [1.29, 1.82) is 0 Å². The van der Waals surface area contributed by atoms with Crippen LogP contribution in [0.5, 0.6) is 0 Å². The predicted molar refractivity (Wildman–Crippen MR) is 107 cm³/mol. The predicted octanol–water partition coefficient (Wildman–Crippen LogP) is 2.98. The molecule has 7 nitrogen and oxygen atoms in total. The third kappa shape index (κ3) is 4.68. The van der Waals surface area contributed by atoms with Gasteiger partial charge in [-0.1, -0.05) is 29.8 Å². The first-order valence-electron chi connectivity index (χ1n) is 8.90. The number of carbonyl (C=O) groups is 2. The summed E-state index contributed by atoms with van der Waals surface area (Å²) in [6.45, 7) is 0.768. The lowest BCUT2D eigenvalue weighted by atomic mass is 9.87. The monoisotopic (exact) mass is 475 g/mol. The van der Waals surface area contributed by atoms with Crippen LogP contribution in [0, 0.1) is 0 Å². The second kappa shape index (κ2) is 8.13. The average Bonchev–Trinajstić information content (AvgIpc) is 2.64. The van der Waals surface area contributed by atoms with Gasteiger partial charge in [0.15, 0.2) is 0 Å². The van der Waals surface area contributed by atoms with Crippen LogP contribution in [-0.4, -0.2) is 37.9 Å². The Labute approximate surface area is 181 Å². The second-order valence-corrected chi connectivity index (χ2v) is 8.88. The van der Waals surface area contributed by atoms with Crippen molar-refractivity contribution in [1.82, 2.24) is 4.90 Å². The highest BCUT2D eigenvalue weighted by atomic mass is 35.5. The van der Waals surface area contributed by atoms with E-state index in [4.69, 9.17) is 16.7 Å². The number of benzene rings is 2. The number of alkyl halides is 3. The molecule has 166 valence electrons. The van der Waals surface area contributed by atoms with E-state index in [1.54, 1.807) is 6.07 Å². The summed E-state index contributed by atoms with van der Waals surface area (Å²) in [5.74, 6) is -2.63. The SMILES string of the molecule is CC(=O)Nc1cc2c(c(S(N)(=O)=O)c1)CCN(C(=O)C(F)(F)F)C2c1ccccc1Cl. The van der Waals surface area contributed by atoms with Crippen molar-refractivity contribution in [3.05, 3.63) is 58.1 Å². The van der Waals surface area contributed by atoms with Gasteiger partial charge in [-0.25, -0.2) is 13.6 Å². The van der Waals surface area contributed by atoms with Crippen LogP contribution in [0.4, 0.5) is 18.9 Å². The Morgan fingerprint density at radius 1 is 1.19 bits per heavy atom. The van der Waals surface area contributed by atoms with Crippen LogP contribution in [0.25, 0.3) is 0 Å². The van der Waals surface area contributed by atoms with Gasteiger partial charge in [0.05, 0.1) is 10.9 Å². The largest absolute Gasteiger partial charge is 0.471 e. The molecule has 12 heteroatoms. The maximum atomic E-state index is 13.3. The topological polar surface area (TPSA) is 110 Å². The van der Waals surface area contributed by atoms with E-state index in [-0.39, 0.29) is 38.7 Å².